The molecule has 1 aliphatic carbocycles. The minimum Gasteiger partial charge on any atom is -0.348 e. The Morgan fingerprint density at radius 3 is 3.11 bits per heavy atom. The van der Waals surface area contributed by atoms with Gasteiger partial charge in [-0.1, -0.05) is 6.07 Å². The summed E-state index contributed by atoms with van der Waals surface area (Å²) >= 11 is 0. The molecule has 1 unspecified atom stereocenters. The minimum absolute atomic E-state index is 0.222. The molecule has 0 spiro atoms. The molecule has 0 fully saturated rings. The summed E-state index contributed by atoms with van der Waals surface area (Å²) in [6.45, 7) is 2.95. The molecule has 0 radical (unpaired) electrons. The summed E-state index contributed by atoms with van der Waals surface area (Å²) in [5.41, 5.74) is 11.3. The van der Waals surface area contributed by atoms with Gasteiger partial charge in [-0.3, -0.25) is 4.98 Å². The third-order valence-electron chi connectivity index (χ3n) is 3.81. The van der Waals surface area contributed by atoms with Gasteiger partial charge in [0, 0.05) is 24.6 Å². The molecule has 0 saturated carbocycles. The molecule has 2 N–H and O–H groups in total. The van der Waals surface area contributed by atoms with Crippen molar-refractivity contribution in [2.24, 2.45) is 5.73 Å². The molecule has 1 aliphatic rings. The van der Waals surface area contributed by atoms with Gasteiger partial charge in [-0.15, -0.1) is 0 Å². The Balaban J connectivity index is 1.88. The summed E-state index contributed by atoms with van der Waals surface area (Å²) in [4.78, 5) is 4.45. The van der Waals surface area contributed by atoms with Crippen LogP contribution in [0, 0.1) is 6.92 Å². The average Bonchev–Trinajstić information content (AvgIpc) is 2.76. The van der Waals surface area contributed by atoms with Crippen molar-refractivity contribution in [2.75, 3.05) is 0 Å². The van der Waals surface area contributed by atoms with Gasteiger partial charge in [-0.2, -0.15) is 0 Å². The molecule has 1 atom stereocenters. The van der Waals surface area contributed by atoms with E-state index in [1.807, 2.05) is 12.3 Å². The zero-order valence-corrected chi connectivity index (χ0v) is 10.8. The molecule has 3 heteroatoms. The zero-order valence-electron chi connectivity index (χ0n) is 10.8. The highest BCUT2D eigenvalue weighted by molar-refractivity contribution is 5.30. The van der Waals surface area contributed by atoms with Crippen molar-refractivity contribution in [3.05, 3.63) is 53.1 Å². The summed E-state index contributed by atoms with van der Waals surface area (Å²) in [6, 6.07) is 4.31. The molecule has 3 nitrogen and oxygen atoms in total. The van der Waals surface area contributed by atoms with Gasteiger partial charge in [0.05, 0.1) is 12.2 Å². The zero-order chi connectivity index (χ0) is 12.5. The van der Waals surface area contributed by atoms with Crippen LogP contribution in [0.3, 0.4) is 0 Å². The fraction of sp³-hybridized carbons (Fsp3) is 0.400. The van der Waals surface area contributed by atoms with Crippen LogP contribution >= 0.6 is 0 Å². The van der Waals surface area contributed by atoms with Gasteiger partial charge in [-0.25, -0.2) is 0 Å². The van der Waals surface area contributed by atoms with E-state index < -0.39 is 0 Å². The van der Waals surface area contributed by atoms with Crippen molar-refractivity contribution in [1.82, 2.24) is 9.55 Å². The van der Waals surface area contributed by atoms with Gasteiger partial charge in [0.2, 0.25) is 0 Å². The highest BCUT2D eigenvalue weighted by Gasteiger charge is 2.18. The van der Waals surface area contributed by atoms with Crippen molar-refractivity contribution >= 4 is 0 Å². The maximum absolute atomic E-state index is 6.15. The third-order valence-corrected chi connectivity index (χ3v) is 3.81. The van der Waals surface area contributed by atoms with Crippen LogP contribution < -0.4 is 5.73 Å². The van der Waals surface area contributed by atoms with Crippen molar-refractivity contribution < 1.29 is 0 Å². The topological polar surface area (TPSA) is 43.8 Å². The second-order valence-corrected chi connectivity index (χ2v) is 5.18. The maximum atomic E-state index is 6.15. The Hall–Kier alpha value is -1.61. The minimum atomic E-state index is 0.222. The normalized spacial score (nSPS) is 18.7. The summed E-state index contributed by atoms with van der Waals surface area (Å²) in [7, 11) is 0. The Bertz CT molecular complexity index is 557. The van der Waals surface area contributed by atoms with E-state index in [9.17, 15) is 0 Å². The highest BCUT2D eigenvalue weighted by Crippen LogP contribution is 2.28. The van der Waals surface area contributed by atoms with Crippen molar-refractivity contribution in [3.63, 3.8) is 0 Å². The van der Waals surface area contributed by atoms with E-state index in [0.717, 1.165) is 25.1 Å². The number of aryl methyl sites for hydroxylation is 2. The Kier molecular flexibility index (Phi) is 2.92. The number of nitrogens with two attached hydrogens (primary N) is 1. The lowest BCUT2D eigenvalue weighted by Crippen LogP contribution is -2.15. The van der Waals surface area contributed by atoms with E-state index in [0.29, 0.717) is 0 Å². The summed E-state index contributed by atoms with van der Waals surface area (Å²) in [5.74, 6) is 0. The molecule has 2 aromatic rings. The van der Waals surface area contributed by atoms with Crippen LogP contribution in [0.5, 0.6) is 0 Å². The van der Waals surface area contributed by atoms with Crippen LogP contribution in [0.15, 0.2) is 30.7 Å². The van der Waals surface area contributed by atoms with E-state index in [2.05, 4.69) is 34.9 Å². The van der Waals surface area contributed by atoms with E-state index in [1.165, 1.54) is 23.1 Å². The fourth-order valence-corrected chi connectivity index (χ4v) is 2.73. The van der Waals surface area contributed by atoms with Gasteiger partial charge >= 0.3 is 0 Å². The third kappa shape index (κ3) is 2.06. The average molecular weight is 241 g/mol. The van der Waals surface area contributed by atoms with Crippen LogP contribution in [0.4, 0.5) is 0 Å². The predicted molar refractivity (Wildman–Crippen MR) is 72.4 cm³/mol. The number of pyridine rings is 1. The largest absolute Gasteiger partial charge is 0.348 e. The molecular formula is C15H19N3. The SMILES string of the molecule is Cc1cccnc1Cn1cc2c(c1)C(N)CCC2. The molecule has 18 heavy (non-hydrogen) atoms. The van der Waals surface area contributed by atoms with E-state index in [4.69, 9.17) is 5.73 Å². The second-order valence-electron chi connectivity index (χ2n) is 5.18. The molecule has 3 rings (SSSR count). The molecule has 94 valence electrons. The van der Waals surface area contributed by atoms with Crippen LogP contribution in [-0.2, 0) is 13.0 Å². The first-order valence-corrected chi connectivity index (χ1v) is 6.58. The van der Waals surface area contributed by atoms with Gasteiger partial charge in [0.1, 0.15) is 0 Å². The smallest absolute Gasteiger partial charge is 0.0645 e. The number of hydrogen-bond acceptors (Lipinski definition) is 2. The maximum Gasteiger partial charge on any atom is 0.0645 e. The second kappa shape index (κ2) is 4.58. The molecule has 0 aromatic carbocycles. The van der Waals surface area contributed by atoms with Gasteiger partial charge in [-0.05, 0) is 48.9 Å². The molecule has 2 aromatic heterocycles. The van der Waals surface area contributed by atoms with Crippen LogP contribution in [0.25, 0.3) is 0 Å². The number of fused-ring (bicyclic) bond motifs is 1. The summed E-state index contributed by atoms with van der Waals surface area (Å²) in [5, 5.41) is 0. The van der Waals surface area contributed by atoms with Crippen LogP contribution in [0.1, 0.15) is 41.3 Å². The van der Waals surface area contributed by atoms with Crippen molar-refractivity contribution in [3.8, 4) is 0 Å². The first-order chi connectivity index (χ1) is 8.74. The molecular weight excluding hydrogens is 222 g/mol. The number of aromatic nitrogens is 2. The molecule has 0 saturated heterocycles. The first-order valence-electron chi connectivity index (χ1n) is 6.58. The Morgan fingerprint density at radius 1 is 1.44 bits per heavy atom. The Morgan fingerprint density at radius 2 is 2.33 bits per heavy atom. The van der Waals surface area contributed by atoms with Gasteiger partial charge < -0.3 is 10.3 Å². The lowest BCUT2D eigenvalue weighted by molar-refractivity contribution is 0.573. The number of hydrogen-bond donors (Lipinski definition) is 1. The quantitative estimate of drug-likeness (QED) is 0.878. The lowest BCUT2D eigenvalue weighted by Gasteiger charge is -2.17. The highest BCUT2D eigenvalue weighted by atomic mass is 15.0. The fourth-order valence-electron chi connectivity index (χ4n) is 2.73. The molecule has 2 heterocycles. The van der Waals surface area contributed by atoms with Crippen molar-refractivity contribution in [1.29, 1.82) is 0 Å². The molecule has 0 bridgehead atoms. The number of nitrogens with zero attached hydrogens (tertiary/aromatic N) is 2. The van der Waals surface area contributed by atoms with Gasteiger partial charge in [0.25, 0.3) is 0 Å². The lowest BCUT2D eigenvalue weighted by atomic mass is 9.92. The van der Waals surface area contributed by atoms with Crippen LogP contribution in [-0.4, -0.2) is 9.55 Å². The van der Waals surface area contributed by atoms with Gasteiger partial charge in [0.15, 0.2) is 0 Å². The van der Waals surface area contributed by atoms with Crippen molar-refractivity contribution in [2.45, 2.75) is 38.8 Å². The molecule has 0 amide bonds. The van der Waals surface area contributed by atoms with E-state index in [1.54, 1.807) is 0 Å². The number of rotatable bonds is 2. The summed E-state index contributed by atoms with van der Waals surface area (Å²) < 4.78 is 2.23. The molecule has 0 aliphatic heterocycles. The van der Waals surface area contributed by atoms with Crippen LogP contribution in [0.2, 0.25) is 0 Å². The monoisotopic (exact) mass is 241 g/mol. The van der Waals surface area contributed by atoms with E-state index in [-0.39, 0.29) is 6.04 Å². The summed E-state index contributed by atoms with van der Waals surface area (Å²) in [6.07, 6.45) is 9.78. The first kappa shape index (κ1) is 11.5. The predicted octanol–water partition coefficient (Wildman–Crippen LogP) is 2.58. The Labute approximate surface area is 108 Å². The standard InChI is InChI=1S/C15H19N3/c1-11-4-3-7-17-15(11)10-18-8-12-5-2-6-14(16)13(12)9-18/h3-4,7-9,14H,2,5-6,10,16H2,1H3. The van der Waals surface area contributed by atoms with E-state index >= 15 is 0 Å².